The van der Waals surface area contributed by atoms with E-state index < -0.39 is 0 Å². The van der Waals surface area contributed by atoms with Gasteiger partial charge in [-0.15, -0.1) is 20.7 Å². The molecule has 1 aliphatic rings. The molecule has 0 amide bonds. The molecule has 1 fully saturated rings. The number of piperidine rings is 1. The van der Waals surface area contributed by atoms with Crippen LogP contribution in [0.4, 0.5) is 0 Å². The van der Waals surface area contributed by atoms with Crippen molar-refractivity contribution in [2.45, 2.75) is 44.9 Å². The largest absolute Gasteiger partial charge is 0.492 e. The summed E-state index contributed by atoms with van der Waals surface area (Å²) >= 11 is 1.69. The van der Waals surface area contributed by atoms with Gasteiger partial charge in [-0.1, -0.05) is 30.3 Å². The maximum Gasteiger partial charge on any atom is 0.167 e. The van der Waals surface area contributed by atoms with E-state index in [1.165, 1.54) is 11.3 Å². The van der Waals surface area contributed by atoms with Crippen molar-refractivity contribution >= 4 is 11.3 Å². The van der Waals surface area contributed by atoms with Gasteiger partial charge in [-0.3, -0.25) is 0 Å². The van der Waals surface area contributed by atoms with Gasteiger partial charge in [0.15, 0.2) is 17.6 Å². The highest BCUT2D eigenvalue weighted by atomic mass is 32.1. The van der Waals surface area contributed by atoms with Crippen molar-refractivity contribution in [3.63, 3.8) is 0 Å². The number of aryl methyl sites for hydroxylation is 4. The summed E-state index contributed by atoms with van der Waals surface area (Å²) in [6.45, 7) is 3.58. The Morgan fingerprint density at radius 1 is 1.08 bits per heavy atom. The lowest BCUT2D eigenvalue weighted by atomic mass is 9.99. The minimum absolute atomic E-state index is 0.571. The fourth-order valence-electron chi connectivity index (χ4n) is 4.92. The van der Waals surface area contributed by atoms with Crippen molar-refractivity contribution in [1.29, 1.82) is 0 Å². The van der Waals surface area contributed by atoms with E-state index in [4.69, 9.17) is 20.7 Å². The molecule has 0 aliphatic carbocycles. The van der Waals surface area contributed by atoms with Gasteiger partial charge in [0.1, 0.15) is 17.8 Å². The zero-order chi connectivity index (χ0) is 26.2. The molecule has 2 aromatic heterocycles. The summed E-state index contributed by atoms with van der Waals surface area (Å²) in [6, 6.07) is 17.0. The molecule has 0 bridgehead atoms. The van der Waals surface area contributed by atoms with Crippen molar-refractivity contribution in [3.05, 3.63) is 77.1 Å². The number of nitrogens with zero attached hydrogens (tertiary/aromatic N) is 4. The predicted molar refractivity (Wildman–Crippen MR) is 153 cm³/mol. The van der Waals surface area contributed by atoms with Crippen LogP contribution in [-0.4, -0.2) is 41.1 Å². The monoisotopic (exact) mass is 531 g/mol. The number of thiazole rings is 1. The second-order valence-corrected chi connectivity index (χ2v) is 11.0. The van der Waals surface area contributed by atoms with Crippen LogP contribution in [0.5, 0.6) is 5.75 Å². The highest BCUT2D eigenvalue weighted by molar-refractivity contribution is 7.13. The van der Waals surface area contributed by atoms with Crippen LogP contribution in [0.15, 0.2) is 60.1 Å². The van der Waals surface area contributed by atoms with Gasteiger partial charge >= 0.3 is 0 Å². The first-order valence-electron chi connectivity index (χ1n) is 13.8. The van der Waals surface area contributed by atoms with Crippen molar-refractivity contribution < 1.29 is 9.42 Å². The maximum atomic E-state index is 6.53. The summed E-state index contributed by atoms with van der Waals surface area (Å²) in [5.74, 6) is 1.45. The fourth-order valence-corrected chi connectivity index (χ4v) is 5.81. The van der Waals surface area contributed by atoms with E-state index in [0.29, 0.717) is 5.92 Å². The Bertz CT molecular complexity index is 1300. The summed E-state index contributed by atoms with van der Waals surface area (Å²) in [6.07, 6.45) is 9.40. The van der Waals surface area contributed by atoms with Crippen LogP contribution in [0.2, 0.25) is 0 Å². The molecule has 4 aromatic rings. The number of nitrogens with two attached hydrogens (primary N) is 1. The Balaban J connectivity index is 1.37. The summed E-state index contributed by atoms with van der Waals surface area (Å²) in [4.78, 5) is 5.01. The molecule has 7 nitrogen and oxygen atoms in total. The molecule has 8 heteroatoms. The van der Waals surface area contributed by atoms with Crippen molar-refractivity contribution in [3.8, 4) is 22.0 Å². The molecule has 1 saturated heterocycles. The Hall–Kier alpha value is -3.07. The van der Waals surface area contributed by atoms with E-state index in [9.17, 15) is 0 Å². The molecule has 2 aromatic carbocycles. The number of aromatic nitrogens is 4. The van der Waals surface area contributed by atoms with Gasteiger partial charge in [0.2, 0.25) is 0 Å². The van der Waals surface area contributed by atoms with Gasteiger partial charge in [-0.2, -0.15) is 0 Å². The number of ether oxygens (including phenoxy) is 1. The molecule has 0 unspecified atom stereocenters. The molecule has 0 spiro atoms. The normalized spacial score (nSPS) is 14.2. The lowest BCUT2D eigenvalue weighted by Crippen LogP contribution is -2.33. The minimum Gasteiger partial charge on any atom is -0.492 e. The molecule has 1 aliphatic heterocycles. The summed E-state index contributed by atoms with van der Waals surface area (Å²) < 4.78 is 10.4. The Labute approximate surface area is 229 Å². The van der Waals surface area contributed by atoms with Gasteiger partial charge in [0, 0.05) is 17.9 Å². The number of hydrogen-bond donors (Lipinski definition) is 2. The fraction of sp³-hybridized carbons (Fsp3) is 0.433. The van der Waals surface area contributed by atoms with E-state index in [-0.39, 0.29) is 0 Å². The highest BCUT2D eigenvalue weighted by Gasteiger charge is 2.20. The smallest absolute Gasteiger partial charge is 0.167 e. The summed E-state index contributed by atoms with van der Waals surface area (Å²) in [5, 5.41) is 11.4. The number of benzene rings is 2. The quantitative estimate of drug-likeness (QED) is 0.211. The molecule has 5 rings (SSSR count). The lowest BCUT2D eigenvalue weighted by molar-refractivity contribution is -0.661. The number of nitrogens with one attached hydrogen (secondary N) is 1. The van der Waals surface area contributed by atoms with Crippen LogP contribution >= 0.6 is 11.3 Å². The number of rotatable bonds is 12. The molecule has 0 saturated carbocycles. The first-order valence-corrected chi connectivity index (χ1v) is 14.7. The third-order valence-electron chi connectivity index (χ3n) is 7.26. The Morgan fingerprint density at radius 2 is 1.92 bits per heavy atom. The Morgan fingerprint density at radius 3 is 2.74 bits per heavy atom. The third kappa shape index (κ3) is 6.87. The van der Waals surface area contributed by atoms with E-state index in [0.717, 1.165) is 98.9 Å². The van der Waals surface area contributed by atoms with Crippen LogP contribution in [0.3, 0.4) is 0 Å². The molecule has 0 radical (unpaired) electrons. The number of hydrogen-bond acceptors (Lipinski definition) is 6. The predicted octanol–water partition coefficient (Wildman–Crippen LogP) is 4.27. The van der Waals surface area contributed by atoms with Gasteiger partial charge < -0.3 is 15.8 Å². The summed E-state index contributed by atoms with van der Waals surface area (Å²) in [7, 11) is 2.00. The van der Waals surface area contributed by atoms with Crippen molar-refractivity contribution in [1.82, 2.24) is 20.2 Å². The molecule has 38 heavy (non-hydrogen) atoms. The first kappa shape index (κ1) is 26.5. The van der Waals surface area contributed by atoms with Crippen LogP contribution in [0, 0.1) is 5.92 Å². The van der Waals surface area contributed by atoms with Crippen LogP contribution in [0.1, 0.15) is 42.6 Å². The van der Waals surface area contributed by atoms with E-state index in [1.54, 1.807) is 11.3 Å². The zero-order valence-corrected chi connectivity index (χ0v) is 23.1. The first-order chi connectivity index (χ1) is 18.7. The topological polar surface area (TPSA) is 81.9 Å². The van der Waals surface area contributed by atoms with Gasteiger partial charge in [-0.05, 0) is 81.8 Å². The molecule has 3 N–H and O–H groups in total. The van der Waals surface area contributed by atoms with E-state index in [1.807, 2.05) is 16.4 Å². The second-order valence-electron chi connectivity index (χ2n) is 10.1. The standard InChI is InChI=1S/C30H39N6OS/c1-35-27(9-5-6-16-31)20-36(34-35)26-12-13-28(29(19-26)37-21-24-14-17-32-18-15-24)30-33-25(22-38-30)11-10-23-7-3-2-4-8-23/h2-4,7-8,12-13,19-20,22,24,32H,5-6,9-11,14-18,21,31H2,1H3/q+1. The molecular weight excluding hydrogens is 492 g/mol. The average molecular weight is 532 g/mol. The second kappa shape index (κ2) is 13.1. The van der Waals surface area contributed by atoms with Crippen molar-refractivity contribution in [2.75, 3.05) is 26.2 Å². The molecule has 200 valence electrons. The molecule has 3 heterocycles. The number of unbranched alkanes of at least 4 members (excludes halogenated alkanes) is 1. The third-order valence-corrected chi connectivity index (χ3v) is 8.19. The van der Waals surface area contributed by atoms with Crippen molar-refractivity contribution in [2.24, 2.45) is 18.7 Å². The van der Waals surface area contributed by atoms with Gasteiger partial charge in [0.05, 0.1) is 23.1 Å². The van der Waals surface area contributed by atoms with E-state index in [2.05, 4.69) is 65.4 Å². The molecular formula is C30H39N6OS+. The molecule has 0 atom stereocenters. The van der Waals surface area contributed by atoms with Gasteiger partial charge in [0.25, 0.3) is 0 Å². The lowest BCUT2D eigenvalue weighted by Gasteiger charge is -2.23. The van der Waals surface area contributed by atoms with Crippen LogP contribution in [0.25, 0.3) is 16.3 Å². The maximum absolute atomic E-state index is 6.53. The zero-order valence-electron chi connectivity index (χ0n) is 22.3. The minimum atomic E-state index is 0.571. The average Bonchev–Trinajstić information content (AvgIpc) is 3.58. The van der Waals surface area contributed by atoms with Crippen LogP contribution in [-0.2, 0) is 26.3 Å². The highest BCUT2D eigenvalue weighted by Crippen LogP contribution is 2.34. The summed E-state index contributed by atoms with van der Waals surface area (Å²) in [5.41, 5.74) is 11.4. The van der Waals surface area contributed by atoms with Gasteiger partial charge in [-0.25, -0.2) is 4.98 Å². The SMILES string of the molecule is Cn1n[n+](-c2ccc(-c3nc(CCc4ccccc4)cs3)c(OCC3CCNCC3)c2)cc1CCCCN. The Kier molecular flexibility index (Phi) is 9.17. The van der Waals surface area contributed by atoms with Crippen LogP contribution < -0.4 is 20.5 Å². The van der Waals surface area contributed by atoms with E-state index >= 15 is 0 Å².